The van der Waals surface area contributed by atoms with Crippen LogP contribution in [0.2, 0.25) is 0 Å². The molecule has 2 fully saturated rings. The summed E-state index contributed by atoms with van der Waals surface area (Å²) in [6, 6.07) is 0. The highest BCUT2D eigenvalue weighted by molar-refractivity contribution is 4.69. The molecule has 16 heavy (non-hydrogen) atoms. The zero-order valence-corrected chi connectivity index (χ0v) is 10.1. The van der Waals surface area contributed by atoms with E-state index in [9.17, 15) is 0 Å². The summed E-state index contributed by atoms with van der Waals surface area (Å²) in [6.07, 6.45) is 4.65. The lowest BCUT2D eigenvalue weighted by atomic mass is 9.95. The number of nitrogens with one attached hydrogen (secondary N) is 2. The van der Waals surface area contributed by atoms with Crippen LogP contribution in [0.3, 0.4) is 0 Å². The van der Waals surface area contributed by atoms with Crippen molar-refractivity contribution >= 4 is 0 Å². The second-order valence-corrected chi connectivity index (χ2v) is 4.75. The SMILES string of the molecule is OCC1CCNC1.OCCC1CCNCC1. The third-order valence-electron chi connectivity index (χ3n) is 3.42. The van der Waals surface area contributed by atoms with Gasteiger partial charge in [0.25, 0.3) is 0 Å². The van der Waals surface area contributed by atoms with E-state index in [0.29, 0.717) is 19.1 Å². The molecule has 1 atom stereocenters. The molecule has 0 aromatic rings. The Morgan fingerprint density at radius 3 is 1.94 bits per heavy atom. The molecule has 2 aliphatic heterocycles. The molecule has 2 heterocycles. The Bertz CT molecular complexity index is 152. The number of aliphatic hydroxyl groups is 2. The number of hydrogen-bond acceptors (Lipinski definition) is 4. The molecule has 1 unspecified atom stereocenters. The van der Waals surface area contributed by atoms with E-state index in [1.54, 1.807) is 0 Å². The monoisotopic (exact) mass is 230 g/mol. The molecule has 4 heteroatoms. The zero-order chi connectivity index (χ0) is 11.6. The summed E-state index contributed by atoms with van der Waals surface area (Å²) < 4.78 is 0. The molecule has 0 saturated carbocycles. The fraction of sp³-hybridized carbons (Fsp3) is 1.00. The minimum absolute atomic E-state index is 0.354. The van der Waals surface area contributed by atoms with Gasteiger partial charge in [-0.1, -0.05) is 0 Å². The first-order chi connectivity index (χ1) is 7.86. The van der Waals surface area contributed by atoms with Crippen LogP contribution in [0.4, 0.5) is 0 Å². The number of rotatable bonds is 3. The van der Waals surface area contributed by atoms with Gasteiger partial charge in [-0.2, -0.15) is 0 Å². The first-order valence-electron chi connectivity index (χ1n) is 6.50. The topological polar surface area (TPSA) is 64.5 Å². The standard InChI is InChI=1S/C7H15NO.C5H11NO/c9-6-3-7-1-4-8-5-2-7;7-4-5-1-2-6-3-5/h7-9H,1-6H2;5-7H,1-4H2. The summed E-state index contributed by atoms with van der Waals surface area (Å²) in [4.78, 5) is 0. The van der Waals surface area contributed by atoms with E-state index in [1.165, 1.54) is 12.8 Å². The van der Waals surface area contributed by atoms with Crippen LogP contribution in [0.15, 0.2) is 0 Å². The lowest BCUT2D eigenvalue weighted by Gasteiger charge is -2.21. The second-order valence-electron chi connectivity index (χ2n) is 4.75. The first kappa shape index (κ1) is 13.9. The molecule has 2 saturated heterocycles. The summed E-state index contributed by atoms with van der Waals surface area (Å²) in [5.41, 5.74) is 0. The van der Waals surface area contributed by atoms with Crippen molar-refractivity contribution in [2.24, 2.45) is 11.8 Å². The van der Waals surface area contributed by atoms with Crippen LogP contribution in [0.1, 0.15) is 25.7 Å². The molecule has 0 aliphatic carbocycles. The van der Waals surface area contributed by atoms with Crippen molar-refractivity contribution in [2.75, 3.05) is 39.4 Å². The maximum atomic E-state index is 8.60. The number of aliphatic hydroxyl groups excluding tert-OH is 2. The van der Waals surface area contributed by atoms with Crippen LogP contribution in [0.5, 0.6) is 0 Å². The Kier molecular flexibility index (Phi) is 7.76. The molecule has 4 N–H and O–H groups in total. The van der Waals surface area contributed by atoms with Gasteiger partial charge in [0, 0.05) is 19.8 Å². The van der Waals surface area contributed by atoms with Crippen LogP contribution in [-0.4, -0.2) is 49.6 Å². The van der Waals surface area contributed by atoms with Gasteiger partial charge < -0.3 is 20.8 Å². The van der Waals surface area contributed by atoms with E-state index in [-0.39, 0.29) is 0 Å². The quantitative estimate of drug-likeness (QED) is 0.549. The molecule has 0 spiro atoms. The predicted molar refractivity (Wildman–Crippen MR) is 65.4 cm³/mol. The highest BCUT2D eigenvalue weighted by Gasteiger charge is 2.11. The van der Waals surface area contributed by atoms with Crippen molar-refractivity contribution < 1.29 is 10.2 Å². The van der Waals surface area contributed by atoms with E-state index in [4.69, 9.17) is 10.2 Å². The minimum Gasteiger partial charge on any atom is -0.396 e. The average Bonchev–Trinajstić information content (AvgIpc) is 2.84. The van der Waals surface area contributed by atoms with E-state index < -0.39 is 0 Å². The normalized spacial score (nSPS) is 26.2. The third kappa shape index (κ3) is 5.80. The fourth-order valence-corrected chi connectivity index (χ4v) is 2.22. The van der Waals surface area contributed by atoms with E-state index in [2.05, 4.69) is 10.6 Å². The van der Waals surface area contributed by atoms with Gasteiger partial charge in [0.2, 0.25) is 0 Å². The molecule has 0 amide bonds. The maximum Gasteiger partial charge on any atom is 0.0471 e. The van der Waals surface area contributed by atoms with E-state index >= 15 is 0 Å². The summed E-state index contributed by atoms with van der Waals surface area (Å²) in [6.45, 7) is 5.11. The van der Waals surface area contributed by atoms with Gasteiger partial charge in [-0.15, -0.1) is 0 Å². The molecule has 0 bridgehead atoms. The lowest BCUT2D eigenvalue weighted by Crippen LogP contribution is -2.28. The smallest absolute Gasteiger partial charge is 0.0471 e. The van der Waals surface area contributed by atoms with Gasteiger partial charge in [-0.3, -0.25) is 0 Å². The van der Waals surface area contributed by atoms with E-state index in [0.717, 1.165) is 44.9 Å². The molecule has 2 aliphatic rings. The fourth-order valence-electron chi connectivity index (χ4n) is 2.22. The van der Waals surface area contributed by atoms with Crippen LogP contribution in [0.25, 0.3) is 0 Å². The van der Waals surface area contributed by atoms with Crippen molar-refractivity contribution in [2.45, 2.75) is 25.7 Å². The summed E-state index contributed by atoms with van der Waals surface area (Å²) in [5, 5.41) is 23.6. The van der Waals surface area contributed by atoms with Crippen LogP contribution >= 0.6 is 0 Å². The van der Waals surface area contributed by atoms with Gasteiger partial charge in [-0.05, 0) is 57.2 Å². The third-order valence-corrected chi connectivity index (χ3v) is 3.42. The van der Waals surface area contributed by atoms with Crippen LogP contribution in [-0.2, 0) is 0 Å². The Balaban J connectivity index is 0.000000165. The zero-order valence-electron chi connectivity index (χ0n) is 10.1. The molecule has 0 radical (unpaired) electrons. The van der Waals surface area contributed by atoms with Crippen molar-refractivity contribution in [3.05, 3.63) is 0 Å². The summed E-state index contributed by atoms with van der Waals surface area (Å²) >= 11 is 0. The highest BCUT2D eigenvalue weighted by atomic mass is 16.3. The molecule has 96 valence electrons. The average molecular weight is 230 g/mol. The van der Waals surface area contributed by atoms with Crippen LogP contribution < -0.4 is 10.6 Å². The van der Waals surface area contributed by atoms with Gasteiger partial charge in [0.1, 0.15) is 0 Å². The highest BCUT2D eigenvalue weighted by Crippen LogP contribution is 2.14. The summed E-state index contributed by atoms with van der Waals surface area (Å²) in [7, 11) is 0. The Morgan fingerprint density at radius 1 is 0.875 bits per heavy atom. The van der Waals surface area contributed by atoms with Gasteiger partial charge in [0.05, 0.1) is 0 Å². The Morgan fingerprint density at radius 2 is 1.50 bits per heavy atom. The molecular formula is C12H26N2O2. The molecule has 2 rings (SSSR count). The van der Waals surface area contributed by atoms with Crippen molar-refractivity contribution in [3.63, 3.8) is 0 Å². The Hall–Kier alpha value is -0.160. The van der Waals surface area contributed by atoms with Crippen LogP contribution in [0, 0.1) is 11.8 Å². The van der Waals surface area contributed by atoms with Gasteiger partial charge in [-0.25, -0.2) is 0 Å². The number of piperidine rings is 1. The molecule has 0 aromatic heterocycles. The van der Waals surface area contributed by atoms with Crippen molar-refractivity contribution in [1.82, 2.24) is 10.6 Å². The molecule has 4 nitrogen and oxygen atoms in total. The predicted octanol–water partition coefficient (Wildman–Crippen LogP) is -0.0434. The van der Waals surface area contributed by atoms with Gasteiger partial charge in [0.15, 0.2) is 0 Å². The van der Waals surface area contributed by atoms with Crippen molar-refractivity contribution in [1.29, 1.82) is 0 Å². The van der Waals surface area contributed by atoms with E-state index in [1.807, 2.05) is 0 Å². The second kappa shape index (κ2) is 8.93. The maximum absolute atomic E-state index is 8.60. The lowest BCUT2D eigenvalue weighted by molar-refractivity contribution is 0.235. The minimum atomic E-state index is 0.354. The van der Waals surface area contributed by atoms with Gasteiger partial charge >= 0.3 is 0 Å². The number of hydrogen-bond donors (Lipinski definition) is 4. The molecular weight excluding hydrogens is 204 g/mol. The Labute approximate surface area is 98.4 Å². The summed E-state index contributed by atoms with van der Waals surface area (Å²) in [5.74, 6) is 1.33. The molecule has 0 aromatic carbocycles. The first-order valence-corrected chi connectivity index (χ1v) is 6.50. The van der Waals surface area contributed by atoms with Crippen molar-refractivity contribution in [3.8, 4) is 0 Å². The largest absolute Gasteiger partial charge is 0.396 e.